The van der Waals surface area contributed by atoms with Crippen LogP contribution in [0, 0.1) is 18.6 Å². The van der Waals surface area contributed by atoms with E-state index in [1.807, 2.05) is 6.07 Å². The Kier molecular flexibility index (Phi) is 6.43. The number of aryl methyl sites for hydroxylation is 1. The van der Waals surface area contributed by atoms with Crippen molar-refractivity contribution in [1.29, 1.82) is 0 Å². The third-order valence-electron chi connectivity index (χ3n) is 5.56. The SMILES string of the molecule is COc1ccc(CN2CCN(C(=O)c3c(-c4c(F)cccc4Cl)noc3C)CC2)cc1F. The van der Waals surface area contributed by atoms with Crippen LogP contribution in [0.25, 0.3) is 11.3 Å². The first-order valence-corrected chi connectivity index (χ1v) is 10.5. The molecule has 1 amide bonds. The van der Waals surface area contributed by atoms with Gasteiger partial charge in [0.25, 0.3) is 5.91 Å². The molecule has 1 fully saturated rings. The fourth-order valence-corrected chi connectivity index (χ4v) is 4.10. The molecule has 4 rings (SSSR count). The van der Waals surface area contributed by atoms with Gasteiger partial charge >= 0.3 is 0 Å². The molecule has 0 N–H and O–H groups in total. The maximum Gasteiger partial charge on any atom is 0.259 e. The van der Waals surface area contributed by atoms with Crippen LogP contribution in [-0.2, 0) is 6.54 Å². The summed E-state index contributed by atoms with van der Waals surface area (Å²) in [6.45, 7) is 4.33. The molecule has 0 aliphatic carbocycles. The van der Waals surface area contributed by atoms with Gasteiger partial charge < -0.3 is 14.2 Å². The first kappa shape index (κ1) is 22.2. The van der Waals surface area contributed by atoms with Crippen LogP contribution in [0.5, 0.6) is 5.75 Å². The van der Waals surface area contributed by atoms with Gasteiger partial charge in [-0.05, 0) is 36.8 Å². The van der Waals surface area contributed by atoms with Crippen LogP contribution in [0.4, 0.5) is 8.78 Å². The smallest absolute Gasteiger partial charge is 0.259 e. The van der Waals surface area contributed by atoms with Crippen molar-refractivity contribution in [2.75, 3.05) is 33.3 Å². The predicted molar refractivity (Wildman–Crippen MR) is 116 cm³/mol. The molecule has 0 saturated carbocycles. The highest BCUT2D eigenvalue weighted by Crippen LogP contribution is 2.34. The number of amides is 1. The largest absolute Gasteiger partial charge is 0.494 e. The minimum atomic E-state index is -0.573. The van der Waals surface area contributed by atoms with Gasteiger partial charge in [-0.25, -0.2) is 8.78 Å². The predicted octanol–water partition coefficient (Wildman–Crippen LogP) is 4.55. The fourth-order valence-electron chi connectivity index (χ4n) is 3.85. The number of carbonyl (C=O) groups is 1. The molecule has 1 aromatic heterocycles. The highest BCUT2D eigenvalue weighted by atomic mass is 35.5. The van der Waals surface area contributed by atoms with Crippen LogP contribution in [0.1, 0.15) is 21.7 Å². The van der Waals surface area contributed by atoms with E-state index in [0.717, 1.165) is 5.56 Å². The van der Waals surface area contributed by atoms with Crippen molar-refractivity contribution in [3.05, 3.63) is 69.9 Å². The molecular formula is C23H22ClF2N3O3. The number of ether oxygens (including phenoxy) is 1. The van der Waals surface area contributed by atoms with E-state index < -0.39 is 11.6 Å². The molecule has 2 heterocycles. The lowest BCUT2D eigenvalue weighted by atomic mass is 10.0. The summed E-state index contributed by atoms with van der Waals surface area (Å²) in [7, 11) is 1.43. The first-order valence-electron chi connectivity index (χ1n) is 10.1. The molecule has 0 spiro atoms. The number of nitrogens with zero attached hydrogens (tertiary/aromatic N) is 3. The van der Waals surface area contributed by atoms with Gasteiger partial charge in [0.2, 0.25) is 0 Å². The van der Waals surface area contributed by atoms with Crippen molar-refractivity contribution < 1.29 is 22.8 Å². The van der Waals surface area contributed by atoms with Gasteiger partial charge in [-0.1, -0.05) is 28.9 Å². The summed E-state index contributed by atoms with van der Waals surface area (Å²) in [4.78, 5) is 17.1. The molecule has 3 aromatic rings. The Morgan fingerprint density at radius 2 is 1.91 bits per heavy atom. The zero-order valence-corrected chi connectivity index (χ0v) is 18.5. The number of aromatic nitrogens is 1. The Labute approximate surface area is 189 Å². The summed E-state index contributed by atoms with van der Waals surface area (Å²) in [5.41, 5.74) is 1.19. The molecule has 6 nitrogen and oxygen atoms in total. The average molecular weight is 462 g/mol. The van der Waals surface area contributed by atoms with E-state index in [1.54, 1.807) is 24.0 Å². The molecule has 0 radical (unpaired) electrons. The number of rotatable bonds is 5. The van der Waals surface area contributed by atoms with E-state index in [2.05, 4.69) is 10.1 Å². The van der Waals surface area contributed by atoms with Crippen molar-refractivity contribution >= 4 is 17.5 Å². The quantitative estimate of drug-likeness (QED) is 0.558. The molecule has 0 atom stereocenters. The van der Waals surface area contributed by atoms with Gasteiger partial charge in [0.05, 0.1) is 17.7 Å². The Morgan fingerprint density at radius 3 is 2.56 bits per heavy atom. The van der Waals surface area contributed by atoms with Gasteiger partial charge in [-0.3, -0.25) is 9.69 Å². The maximum absolute atomic E-state index is 14.4. The molecule has 1 saturated heterocycles. The number of hydrogen-bond donors (Lipinski definition) is 0. The zero-order valence-electron chi connectivity index (χ0n) is 17.7. The minimum absolute atomic E-state index is 0.0505. The second-order valence-electron chi connectivity index (χ2n) is 7.60. The zero-order chi connectivity index (χ0) is 22.8. The summed E-state index contributed by atoms with van der Waals surface area (Å²) < 4.78 is 38.6. The van der Waals surface area contributed by atoms with E-state index in [4.69, 9.17) is 20.9 Å². The van der Waals surface area contributed by atoms with Gasteiger partial charge in [-0.2, -0.15) is 0 Å². The van der Waals surface area contributed by atoms with E-state index in [9.17, 15) is 13.6 Å². The lowest BCUT2D eigenvalue weighted by molar-refractivity contribution is 0.0627. The molecular weight excluding hydrogens is 440 g/mol. The highest BCUT2D eigenvalue weighted by molar-refractivity contribution is 6.33. The van der Waals surface area contributed by atoms with Crippen molar-refractivity contribution in [2.45, 2.75) is 13.5 Å². The molecule has 9 heteroatoms. The van der Waals surface area contributed by atoms with Crippen LogP contribution in [-0.4, -0.2) is 54.2 Å². The fraction of sp³-hybridized carbons (Fsp3) is 0.304. The van der Waals surface area contributed by atoms with Gasteiger partial charge in [0, 0.05) is 32.7 Å². The van der Waals surface area contributed by atoms with Crippen LogP contribution < -0.4 is 4.74 Å². The average Bonchev–Trinajstić information content (AvgIpc) is 3.15. The van der Waals surface area contributed by atoms with E-state index in [1.165, 1.54) is 25.3 Å². The van der Waals surface area contributed by atoms with Crippen LogP contribution >= 0.6 is 11.6 Å². The van der Waals surface area contributed by atoms with Gasteiger partial charge in [0.1, 0.15) is 22.8 Å². The molecule has 32 heavy (non-hydrogen) atoms. The van der Waals surface area contributed by atoms with Crippen molar-refractivity contribution in [3.8, 4) is 17.0 Å². The third kappa shape index (κ3) is 4.33. The Hall–Kier alpha value is -2.97. The standard InChI is InChI=1S/C23H22ClF2N3O3/c1-14-20(22(27-32-14)21-16(24)4-3-5-17(21)25)23(30)29-10-8-28(9-11-29)13-15-6-7-19(31-2)18(26)12-15/h3-7,12H,8-11,13H2,1-2H3. The molecule has 0 bridgehead atoms. The highest BCUT2D eigenvalue weighted by Gasteiger charge is 2.30. The molecule has 1 aliphatic rings. The summed E-state index contributed by atoms with van der Waals surface area (Å²) in [5, 5.41) is 4.07. The summed E-state index contributed by atoms with van der Waals surface area (Å²) >= 11 is 6.17. The molecule has 2 aromatic carbocycles. The number of carbonyl (C=O) groups excluding carboxylic acids is 1. The molecule has 1 aliphatic heterocycles. The van der Waals surface area contributed by atoms with Crippen molar-refractivity contribution in [1.82, 2.24) is 15.0 Å². The van der Waals surface area contributed by atoms with Crippen molar-refractivity contribution in [2.24, 2.45) is 0 Å². The Balaban J connectivity index is 1.47. The number of piperazine rings is 1. The summed E-state index contributed by atoms with van der Waals surface area (Å²) in [6, 6.07) is 9.18. The molecule has 0 unspecified atom stereocenters. The maximum atomic E-state index is 14.4. The second kappa shape index (κ2) is 9.26. The van der Waals surface area contributed by atoms with Crippen LogP contribution in [0.2, 0.25) is 5.02 Å². The Bertz CT molecular complexity index is 1120. The third-order valence-corrected chi connectivity index (χ3v) is 5.87. The number of halogens is 3. The lowest BCUT2D eigenvalue weighted by Crippen LogP contribution is -2.48. The topological polar surface area (TPSA) is 58.8 Å². The van der Waals surface area contributed by atoms with E-state index >= 15 is 0 Å². The minimum Gasteiger partial charge on any atom is -0.494 e. The number of benzene rings is 2. The molecule has 168 valence electrons. The van der Waals surface area contributed by atoms with Crippen LogP contribution in [0.15, 0.2) is 40.9 Å². The van der Waals surface area contributed by atoms with Gasteiger partial charge in [0.15, 0.2) is 11.6 Å². The second-order valence-corrected chi connectivity index (χ2v) is 8.00. The van der Waals surface area contributed by atoms with Crippen LogP contribution in [0.3, 0.4) is 0 Å². The van der Waals surface area contributed by atoms with E-state index in [-0.39, 0.29) is 33.5 Å². The van der Waals surface area contributed by atoms with E-state index in [0.29, 0.717) is 38.5 Å². The number of hydrogen-bond acceptors (Lipinski definition) is 5. The first-order chi connectivity index (χ1) is 15.4. The number of methoxy groups -OCH3 is 1. The summed E-state index contributed by atoms with van der Waals surface area (Å²) in [6.07, 6.45) is 0. The monoisotopic (exact) mass is 461 g/mol. The van der Waals surface area contributed by atoms with Gasteiger partial charge in [-0.15, -0.1) is 0 Å². The summed E-state index contributed by atoms with van der Waals surface area (Å²) in [5.74, 6) is -0.745. The lowest BCUT2D eigenvalue weighted by Gasteiger charge is -2.34. The normalized spacial score (nSPS) is 14.6. The Morgan fingerprint density at radius 1 is 1.16 bits per heavy atom. The van der Waals surface area contributed by atoms with Crippen molar-refractivity contribution in [3.63, 3.8) is 0 Å².